The number of rotatable bonds is 4. The van der Waals surface area contributed by atoms with Gasteiger partial charge in [-0.15, -0.1) is 0 Å². The molecule has 0 aliphatic heterocycles. The smallest absolute Gasteiger partial charge is 0.339 e. The zero-order valence-electron chi connectivity index (χ0n) is 13.0. The lowest BCUT2D eigenvalue weighted by atomic mass is 10.1. The van der Waals surface area contributed by atoms with Crippen LogP contribution in [0.15, 0.2) is 60.7 Å². The maximum atomic E-state index is 12.3. The van der Waals surface area contributed by atoms with E-state index in [0.717, 1.165) is 10.8 Å². The summed E-state index contributed by atoms with van der Waals surface area (Å²) in [6.07, 6.45) is 0. The Kier molecular flexibility index (Phi) is 5.22. The number of ether oxygens (including phenoxy) is 1. The molecule has 25 heavy (non-hydrogen) atoms. The molecule has 3 rings (SSSR count). The normalized spacial score (nSPS) is 10.5. The summed E-state index contributed by atoms with van der Waals surface area (Å²) in [4.78, 5) is 24.3. The first-order valence-corrected chi connectivity index (χ1v) is 8.20. The van der Waals surface area contributed by atoms with Gasteiger partial charge in [0, 0.05) is 5.02 Å². The van der Waals surface area contributed by atoms with Gasteiger partial charge in [-0.1, -0.05) is 59.6 Å². The van der Waals surface area contributed by atoms with E-state index < -0.39 is 18.5 Å². The van der Waals surface area contributed by atoms with Crippen LogP contribution < -0.4 is 5.32 Å². The Morgan fingerprint density at radius 2 is 1.72 bits per heavy atom. The third kappa shape index (κ3) is 4.10. The van der Waals surface area contributed by atoms with Crippen molar-refractivity contribution in [1.82, 2.24) is 0 Å². The van der Waals surface area contributed by atoms with Crippen LogP contribution in [-0.4, -0.2) is 18.5 Å². The van der Waals surface area contributed by atoms with Gasteiger partial charge in [0.25, 0.3) is 5.91 Å². The number of carbonyl (C=O) groups excluding carboxylic acids is 2. The number of nitrogens with one attached hydrogen (secondary N) is 1. The number of anilines is 1. The van der Waals surface area contributed by atoms with Crippen molar-refractivity contribution in [3.63, 3.8) is 0 Å². The van der Waals surface area contributed by atoms with E-state index in [0.29, 0.717) is 21.3 Å². The predicted octanol–water partition coefficient (Wildman–Crippen LogP) is 4.94. The van der Waals surface area contributed by atoms with E-state index in [4.69, 9.17) is 27.9 Å². The molecule has 126 valence electrons. The average molecular weight is 374 g/mol. The molecular weight excluding hydrogens is 361 g/mol. The number of hydrogen-bond acceptors (Lipinski definition) is 3. The summed E-state index contributed by atoms with van der Waals surface area (Å²) >= 11 is 11.8. The first-order chi connectivity index (χ1) is 12.0. The van der Waals surface area contributed by atoms with E-state index in [9.17, 15) is 9.59 Å². The molecule has 6 heteroatoms. The van der Waals surface area contributed by atoms with Crippen LogP contribution in [0.4, 0.5) is 5.69 Å². The molecule has 0 saturated heterocycles. The third-order valence-electron chi connectivity index (χ3n) is 3.55. The molecule has 0 radical (unpaired) electrons. The van der Waals surface area contributed by atoms with Gasteiger partial charge in [-0.3, -0.25) is 4.79 Å². The van der Waals surface area contributed by atoms with Gasteiger partial charge < -0.3 is 10.1 Å². The van der Waals surface area contributed by atoms with Gasteiger partial charge in [-0.2, -0.15) is 0 Å². The van der Waals surface area contributed by atoms with Gasteiger partial charge in [-0.05, 0) is 35.0 Å². The molecule has 0 aromatic heterocycles. The van der Waals surface area contributed by atoms with Crippen LogP contribution in [0.5, 0.6) is 0 Å². The number of carbonyl (C=O) groups is 2. The fraction of sp³-hybridized carbons (Fsp3) is 0.0526. The topological polar surface area (TPSA) is 55.4 Å². The minimum atomic E-state index is -0.561. The molecular formula is C19H13Cl2NO3. The number of halogens is 2. The van der Waals surface area contributed by atoms with Crippen LogP contribution in [0.25, 0.3) is 10.8 Å². The van der Waals surface area contributed by atoms with E-state index in [1.165, 1.54) is 6.07 Å². The SMILES string of the molecule is O=C(COC(=O)c1cccc2ccccc12)Nc1ccc(Cl)cc1Cl. The third-order valence-corrected chi connectivity index (χ3v) is 4.10. The van der Waals surface area contributed by atoms with Gasteiger partial charge >= 0.3 is 5.97 Å². The lowest BCUT2D eigenvalue weighted by Crippen LogP contribution is -2.21. The lowest BCUT2D eigenvalue weighted by Gasteiger charge is -2.09. The van der Waals surface area contributed by atoms with Crippen molar-refractivity contribution in [3.05, 3.63) is 76.3 Å². The van der Waals surface area contributed by atoms with E-state index in [1.54, 1.807) is 24.3 Å². The minimum absolute atomic E-state index is 0.307. The zero-order valence-corrected chi connectivity index (χ0v) is 14.5. The molecule has 0 aliphatic carbocycles. The Morgan fingerprint density at radius 1 is 0.960 bits per heavy atom. The molecule has 0 spiro atoms. The minimum Gasteiger partial charge on any atom is -0.452 e. The fourth-order valence-electron chi connectivity index (χ4n) is 2.39. The fourth-order valence-corrected chi connectivity index (χ4v) is 2.85. The number of fused-ring (bicyclic) bond motifs is 1. The molecule has 0 saturated carbocycles. The van der Waals surface area contributed by atoms with Crippen LogP contribution in [0, 0.1) is 0 Å². The zero-order chi connectivity index (χ0) is 17.8. The molecule has 0 heterocycles. The van der Waals surface area contributed by atoms with Crippen LogP contribution in [0.2, 0.25) is 10.0 Å². The number of esters is 1. The van der Waals surface area contributed by atoms with Crippen LogP contribution in [-0.2, 0) is 9.53 Å². The monoisotopic (exact) mass is 373 g/mol. The Hall–Kier alpha value is -2.56. The summed E-state index contributed by atoms with van der Waals surface area (Å²) < 4.78 is 5.11. The predicted molar refractivity (Wildman–Crippen MR) is 99.3 cm³/mol. The van der Waals surface area contributed by atoms with Crippen molar-refractivity contribution in [3.8, 4) is 0 Å². The Morgan fingerprint density at radius 3 is 2.52 bits per heavy atom. The van der Waals surface area contributed by atoms with Crippen LogP contribution >= 0.6 is 23.2 Å². The van der Waals surface area contributed by atoms with E-state index in [2.05, 4.69) is 5.32 Å². The molecule has 0 aliphatic rings. The van der Waals surface area contributed by atoms with E-state index in [1.807, 2.05) is 30.3 Å². The van der Waals surface area contributed by atoms with Crippen molar-refractivity contribution in [2.45, 2.75) is 0 Å². The maximum Gasteiger partial charge on any atom is 0.339 e. The number of amides is 1. The van der Waals surface area contributed by atoms with Gasteiger partial charge in [0.15, 0.2) is 6.61 Å². The Balaban J connectivity index is 1.66. The van der Waals surface area contributed by atoms with E-state index >= 15 is 0 Å². The summed E-state index contributed by atoms with van der Waals surface area (Å²) in [6, 6.07) is 17.5. The molecule has 0 fully saturated rings. The highest BCUT2D eigenvalue weighted by molar-refractivity contribution is 6.36. The largest absolute Gasteiger partial charge is 0.452 e. The second-order valence-electron chi connectivity index (χ2n) is 5.28. The van der Waals surface area contributed by atoms with Crippen molar-refractivity contribution >= 4 is 51.5 Å². The Labute approximate surface area is 154 Å². The van der Waals surface area contributed by atoms with Crippen molar-refractivity contribution < 1.29 is 14.3 Å². The molecule has 3 aromatic rings. The highest BCUT2D eigenvalue weighted by Crippen LogP contribution is 2.25. The highest BCUT2D eigenvalue weighted by Gasteiger charge is 2.14. The molecule has 3 aromatic carbocycles. The van der Waals surface area contributed by atoms with E-state index in [-0.39, 0.29) is 0 Å². The molecule has 4 nitrogen and oxygen atoms in total. The Bertz CT molecular complexity index is 951. The average Bonchev–Trinajstić information content (AvgIpc) is 2.61. The first kappa shape index (κ1) is 17.3. The maximum absolute atomic E-state index is 12.3. The summed E-state index contributed by atoms with van der Waals surface area (Å²) in [5.41, 5.74) is 0.813. The van der Waals surface area contributed by atoms with Crippen molar-refractivity contribution in [2.75, 3.05) is 11.9 Å². The molecule has 0 unspecified atom stereocenters. The van der Waals surface area contributed by atoms with Crippen LogP contribution in [0.1, 0.15) is 10.4 Å². The summed E-state index contributed by atoms with van der Waals surface area (Å²) in [6.45, 7) is -0.416. The summed E-state index contributed by atoms with van der Waals surface area (Å²) in [5.74, 6) is -1.05. The van der Waals surface area contributed by atoms with Gasteiger partial charge in [-0.25, -0.2) is 4.79 Å². The molecule has 1 N–H and O–H groups in total. The van der Waals surface area contributed by atoms with Crippen molar-refractivity contribution in [2.24, 2.45) is 0 Å². The lowest BCUT2D eigenvalue weighted by molar-refractivity contribution is -0.119. The molecule has 1 amide bonds. The first-order valence-electron chi connectivity index (χ1n) is 7.44. The van der Waals surface area contributed by atoms with Crippen molar-refractivity contribution in [1.29, 1.82) is 0 Å². The van der Waals surface area contributed by atoms with Gasteiger partial charge in [0.05, 0.1) is 16.3 Å². The van der Waals surface area contributed by atoms with Crippen LogP contribution in [0.3, 0.4) is 0 Å². The summed E-state index contributed by atoms with van der Waals surface area (Å²) in [5, 5.41) is 5.04. The molecule has 0 bridgehead atoms. The van der Waals surface area contributed by atoms with Gasteiger partial charge in [0.1, 0.15) is 0 Å². The summed E-state index contributed by atoms with van der Waals surface area (Å²) in [7, 11) is 0. The highest BCUT2D eigenvalue weighted by atomic mass is 35.5. The number of benzene rings is 3. The second kappa shape index (κ2) is 7.55. The standard InChI is InChI=1S/C19H13Cl2NO3/c20-13-8-9-17(16(21)10-13)22-18(23)11-25-19(24)15-7-3-5-12-4-1-2-6-14(12)15/h1-10H,11H2,(H,22,23). The molecule has 0 atom stereocenters. The second-order valence-corrected chi connectivity index (χ2v) is 6.12. The van der Waals surface area contributed by atoms with Gasteiger partial charge in [0.2, 0.25) is 0 Å². The number of hydrogen-bond donors (Lipinski definition) is 1. The quantitative estimate of drug-likeness (QED) is 0.658.